The zero-order chi connectivity index (χ0) is 21.7. The largest absolute Gasteiger partial charge is 0.494 e. The van der Waals surface area contributed by atoms with E-state index in [0.717, 1.165) is 51.8 Å². The summed E-state index contributed by atoms with van der Waals surface area (Å²) in [6, 6.07) is 19.7. The number of rotatable bonds is 4. The SMILES string of the molecule is CCOc1ccc(C2Oc3ccc(Cl)cc3C3CC(c4ccc5c(c4)OCO5)=NN32)cc1. The number of hydrogen-bond acceptors (Lipinski definition) is 6. The molecule has 2 unspecified atom stereocenters. The summed E-state index contributed by atoms with van der Waals surface area (Å²) < 4.78 is 23.0. The summed E-state index contributed by atoms with van der Waals surface area (Å²) in [6.45, 7) is 2.85. The first-order valence-corrected chi connectivity index (χ1v) is 11.0. The number of nitrogens with zero attached hydrogens (tertiary/aromatic N) is 2. The number of ether oxygens (including phenoxy) is 4. The van der Waals surface area contributed by atoms with Crippen LogP contribution in [0, 0.1) is 0 Å². The molecule has 6 rings (SSSR count). The van der Waals surface area contributed by atoms with Gasteiger partial charge in [0, 0.05) is 28.1 Å². The summed E-state index contributed by atoms with van der Waals surface area (Å²) in [5.74, 6) is 3.18. The predicted octanol–water partition coefficient (Wildman–Crippen LogP) is 5.71. The fourth-order valence-corrected chi connectivity index (χ4v) is 4.60. The van der Waals surface area contributed by atoms with E-state index in [4.69, 9.17) is 35.6 Å². The van der Waals surface area contributed by atoms with Gasteiger partial charge in [-0.15, -0.1) is 0 Å². The van der Waals surface area contributed by atoms with Crippen molar-refractivity contribution in [2.45, 2.75) is 25.6 Å². The van der Waals surface area contributed by atoms with Gasteiger partial charge in [-0.2, -0.15) is 5.10 Å². The smallest absolute Gasteiger partial charge is 0.231 e. The number of halogens is 1. The molecule has 0 radical (unpaired) electrons. The van der Waals surface area contributed by atoms with Gasteiger partial charge >= 0.3 is 0 Å². The highest BCUT2D eigenvalue weighted by Crippen LogP contribution is 2.48. The van der Waals surface area contributed by atoms with Crippen LogP contribution in [0.15, 0.2) is 65.8 Å². The summed E-state index contributed by atoms with van der Waals surface area (Å²) in [5, 5.41) is 7.72. The lowest BCUT2D eigenvalue weighted by atomic mass is 9.95. The van der Waals surface area contributed by atoms with Gasteiger partial charge in [0.25, 0.3) is 0 Å². The molecule has 0 bridgehead atoms. The average molecular weight is 449 g/mol. The molecule has 0 aromatic heterocycles. The quantitative estimate of drug-likeness (QED) is 0.511. The molecule has 0 fully saturated rings. The molecule has 6 nitrogen and oxygen atoms in total. The van der Waals surface area contributed by atoms with E-state index in [9.17, 15) is 0 Å². The van der Waals surface area contributed by atoms with E-state index in [2.05, 4.69) is 0 Å². The van der Waals surface area contributed by atoms with E-state index in [1.807, 2.05) is 72.6 Å². The molecule has 3 aromatic carbocycles. The summed E-state index contributed by atoms with van der Waals surface area (Å²) in [7, 11) is 0. The highest BCUT2D eigenvalue weighted by atomic mass is 35.5. The van der Waals surface area contributed by atoms with Gasteiger partial charge in [0.15, 0.2) is 11.5 Å². The molecule has 162 valence electrons. The van der Waals surface area contributed by atoms with E-state index < -0.39 is 0 Å². The van der Waals surface area contributed by atoms with Gasteiger partial charge in [-0.05, 0) is 67.6 Å². The number of hydrazone groups is 1. The Morgan fingerprint density at radius 2 is 1.81 bits per heavy atom. The molecule has 0 spiro atoms. The van der Waals surface area contributed by atoms with Gasteiger partial charge in [-0.3, -0.25) is 0 Å². The Morgan fingerprint density at radius 1 is 1.00 bits per heavy atom. The molecular weight excluding hydrogens is 428 g/mol. The van der Waals surface area contributed by atoms with Gasteiger partial charge < -0.3 is 18.9 Å². The molecule has 7 heteroatoms. The van der Waals surface area contributed by atoms with Crippen LogP contribution in [0.4, 0.5) is 0 Å². The zero-order valence-electron chi connectivity index (χ0n) is 17.5. The highest BCUT2D eigenvalue weighted by Gasteiger charge is 2.41. The van der Waals surface area contributed by atoms with Crippen LogP contribution in [0.1, 0.15) is 42.3 Å². The van der Waals surface area contributed by atoms with Crippen LogP contribution in [-0.4, -0.2) is 24.1 Å². The first kappa shape index (κ1) is 19.3. The van der Waals surface area contributed by atoms with Crippen molar-refractivity contribution in [3.63, 3.8) is 0 Å². The standard InChI is InChI=1S/C25H21ClN2O4/c1-2-29-18-7-3-15(4-8-18)25-28-21(19-12-17(26)6-10-22(19)32-25)13-20(27-28)16-5-9-23-24(11-16)31-14-30-23/h3-12,21,25H,2,13-14H2,1H3. The molecule has 3 aromatic rings. The van der Waals surface area contributed by atoms with E-state index in [0.29, 0.717) is 11.6 Å². The molecule has 0 saturated heterocycles. The summed E-state index contributed by atoms with van der Waals surface area (Å²) in [6.07, 6.45) is 0.389. The van der Waals surface area contributed by atoms with E-state index >= 15 is 0 Å². The van der Waals surface area contributed by atoms with Crippen LogP contribution in [-0.2, 0) is 0 Å². The fourth-order valence-electron chi connectivity index (χ4n) is 4.42. The molecule has 32 heavy (non-hydrogen) atoms. The first-order chi connectivity index (χ1) is 15.7. The maximum atomic E-state index is 6.42. The minimum Gasteiger partial charge on any atom is -0.494 e. The summed E-state index contributed by atoms with van der Waals surface area (Å²) >= 11 is 6.33. The Morgan fingerprint density at radius 3 is 2.66 bits per heavy atom. The van der Waals surface area contributed by atoms with Crippen LogP contribution in [0.3, 0.4) is 0 Å². The molecule has 3 aliphatic rings. The molecule has 0 N–H and O–H groups in total. The van der Waals surface area contributed by atoms with Crippen LogP contribution in [0.2, 0.25) is 5.02 Å². The van der Waals surface area contributed by atoms with Gasteiger partial charge in [0.1, 0.15) is 11.5 Å². The van der Waals surface area contributed by atoms with E-state index in [1.54, 1.807) is 0 Å². The lowest BCUT2D eigenvalue weighted by Crippen LogP contribution is -2.33. The normalized spacial score (nSPS) is 20.3. The topological polar surface area (TPSA) is 52.5 Å². The second-order valence-electron chi connectivity index (χ2n) is 7.87. The Balaban J connectivity index is 1.40. The third kappa shape index (κ3) is 3.22. The van der Waals surface area contributed by atoms with Crippen LogP contribution in [0.5, 0.6) is 23.0 Å². The molecule has 2 atom stereocenters. The fraction of sp³-hybridized carbons (Fsp3) is 0.240. The number of hydrogen-bond donors (Lipinski definition) is 0. The van der Waals surface area contributed by atoms with Crippen molar-refractivity contribution in [3.05, 3.63) is 82.4 Å². The van der Waals surface area contributed by atoms with Crippen molar-refractivity contribution in [1.29, 1.82) is 0 Å². The monoisotopic (exact) mass is 448 g/mol. The van der Waals surface area contributed by atoms with Gasteiger partial charge in [-0.1, -0.05) is 11.6 Å². The van der Waals surface area contributed by atoms with Crippen molar-refractivity contribution >= 4 is 17.3 Å². The van der Waals surface area contributed by atoms with Crippen LogP contribution in [0.25, 0.3) is 0 Å². The maximum Gasteiger partial charge on any atom is 0.231 e. The van der Waals surface area contributed by atoms with Gasteiger partial charge in [0.2, 0.25) is 13.0 Å². The average Bonchev–Trinajstić information content (AvgIpc) is 3.46. The minimum absolute atomic E-state index is 0.0226. The molecule has 3 heterocycles. The predicted molar refractivity (Wildman–Crippen MR) is 121 cm³/mol. The molecule has 0 aliphatic carbocycles. The maximum absolute atomic E-state index is 6.42. The van der Waals surface area contributed by atoms with Crippen molar-refractivity contribution in [1.82, 2.24) is 5.01 Å². The van der Waals surface area contributed by atoms with Crippen molar-refractivity contribution in [3.8, 4) is 23.0 Å². The Labute approximate surface area is 190 Å². The molecule has 3 aliphatic heterocycles. The van der Waals surface area contributed by atoms with Crippen LogP contribution >= 0.6 is 11.6 Å². The Kier molecular flexibility index (Phi) is 4.61. The lowest BCUT2D eigenvalue weighted by molar-refractivity contribution is -0.0190. The molecule has 0 amide bonds. The van der Waals surface area contributed by atoms with Gasteiger partial charge in [0.05, 0.1) is 18.4 Å². The third-order valence-corrected chi connectivity index (χ3v) is 6.17. The Hall–Kier alpha value is -3.38. The molecular formula is C25H21ClN2O4. The first-order valence-electron chi connectivity index (χ1n) is 10.6. The van der Waals surface area contributed by atoms with Crippen molar-refractivity contribution in [2.75, 3.05) is 13.4 Å². The molecule has 0 saturated carbocycles. The van der Waals surface area contributed by atoms with E-state index in [-0.39, 0.29) is 19.1 Å². The second-order valence-corrected chi connectivity index (χ2v) is 8.31. The number of fused-ring (bicyclic) bond motifs is 4. The minimum atomic E-state index is -0.351. The van der Waals surface area contributed by atoms with Gasteiger partial charge in [-0.25, -0.2) is 5.01 Å². The third-order valence-electron chi connectivity index (χ3n) is 5.93. The van der Waals surface area contributed by atoms with Crippen molar-refractivity contribution in [2.24, 2.45) is 5.10 Å². The highest BCUT2D eigenvalue weighted by molar-refractivity contribution is 6.30. The van der Waals surface area contributed by atoms with E-state index in [1.165, 1.54) is 0 Å². The number of benzene rings is 3. The lowest BCUT2D eigenvalue weighted by Gasteiger charge is -2.38. The summed E-state index contributed by atoms with van der Waals surface area (Å²) in [5.41, 5.74) is 4.03. The zero-order valence-corrected chi connectivity index (χ0v) is 18.2. The summed E-state index contributed by atoms with van der Waals surface area (Å²) in [4.78, 5) is 0. The van der Waals surface area contributed by atoms with Crippen molar-refractivity contribution < 1.29 is 18.9 Å². The van der Waals surface area contributed by atoms with Crippen LogP contribution < -0.4 is 18.9 Å². The second kappa shape index (κ2) is 7.64. The Bertz CT molecular complexity index is 1210.